The van der Waals surface area contributed by atoms with Gasteiger partial charge in [0.05, 0.1) is 0 Å². The molecule has 132 valence electrons. The lowest BCUT2D eigenvalue weighted by atomic mass is 10.2. The second-order valence-corrected chi connectivity index (χ2v) is 5.93. The SMILES string of the molecule is CNCCCC(=O)N1CCN(Cc2ccc(Cl)cc2)CC1.Cl.Cl. The van der Waals surface area contributed by atoms with Crippen LogP contribution in [-0.4, -0.2) is 55.5 Å². The molecule has 1 amide bonds. The first kappa shape index (κ1) is 22.5. The highest BCUT2D eigenvalue weighted by atomic mass is 35.5. The van der Waals surface area contributed by atoms with E-state index in [4.69, 9.17) is 11.6 Å². The van der Waals surface area contributed by atoms with E-state index in [-0.39, 0.29) is 30.7 Å². The Bertz CT molecular complexity index is 448. The van der Waals surface area contributed by atoms with Crippen LogP contribution >= 0.6 is 36.4 Å². The molecule has 0 aromatic heterocycles. The zero-order valence-electron chi connectivity index (χ0n) is 13.5. The molecule has 1 fully saturated rings. The zero-order chi connectivity index (χ0) is 15.1. The van der Waals surface area contributed by atoms with E-state index < -0.39 is 0 Å². The molecular weight excluding hydrogens is 357 g/mol. The van der Waals surface area contributed by atoms with Gasteiger partial charge in [-0.05, 0) is 37.7 Å². The summed E-state index contributed by atoms with van der Waals surface area (Å²) >= 11 is 5.90. The Labute approximate surface area is 156 Å². The number of rotatable bonds is 6. The number of hydrogen-bond acceptors (Lipinski definition) is 3. The molecule has 1 N–H and O–H groups in total. The van der Waals surface area contributed by atoms with Gasteiger partial charge in [0.25, 0.3) is 0 Å². The first-order valence-electron chi connectivity index (χ1n) is 7.58. The molecule has 1 aliphatic rings. The number of halogens is 3. The van der Waals surface area contributed by atoms with Gasteiger partial charge in [-0.2, -0.15) is 0 Å². The fraction of sp³-hybridized carbons (Fsp3) is 0.562. The van der Waals surface area contributed by atoms with E-state index in [1.807, 2.05) is 24.1 Å². The molecule has 0 radical (unpaired) electrons. The van der Waals surface area contributed by atoms with Gasteiger partial charge < -0.3 is 10.2 Å². The Balaban J connectivity index is 0.00000242. The summed E-state index contributed by atoms with van der Waals surface area (Å²) in [5.74, 6) is 0.288. The van der Waals surface area contributed by atoms with Crippen molar-refractivity contribution < 1.29 is 4.79 Å². The summed E-state index contributed by atoms with van der Waals surface area (Å²) in [5, 5.41) is 3.85. The third-order valence-corrected chi connectivity index (χ3v) is 4.11. The molecule has 2 rings (SSSR count). The summed E-state index contributed by atoms with van der Waals surface area (Å²) in [6.45, 7) is 5.40. The van der Waals surface area contributed by atoms with Crippen molar-refractivity contribution in [1.29, 1.82) is 0 Å². The number of amides is 1. The number of piperazine rings is 1. The van der Waals surface area contributed by atoms with Crippen molar-refractivity contribution >= 4 is 42.3 Å². The van der Waals surface area contributed by atoms with Crippen molar-refractivity contribution in [3.63, 3.8) is 0 Å². The minimum Gasteiger partial charge on any atom is -0.340 e. The number of carbonyl (C=O) groups excluding carboxylic acids is 1. The molecule has 4 nitrogen and oxygen atoms in total. The number of benzene rings is 1. The first-order valence-corrected chi connectivity index (χ1v) is 7.96. The van der Waals surface area contributed by atoms with Crippen molar-refractivity contribution in [3.8, 4) is 0 Å². The van der Waals surface area contributed by atoms with Gasteiger partial charge in [0, 0.05) is 44.2 Å². The van der Waals surface area contributed by atoms with Gasteiger partial charge in [0.15, 0.2) is 0 Å². The van der Waals surface area contributed by atoms with Gasteiger partial charge in [-0.15, -0.1) is 24.8 Å². The van der Waals surface area contributed by atoms with E-state index in [0.717, 1.165) is 50.7 Å². The zero-order valence-corrected chi connectivity index (χ0v) is 15.9. The lowest BCUT2D eigenvalue weighted by molar-refractivity contribution is -0.133. The van der Waals surface area contributed by atoms with Crippen LogP contribution in [0, 0.1) is 0 Å². The molecule has 0 saturated carbocycles. The van der Waals surface area contributed by atoms with Crippen LogP contribution in [0.15, 0.2) is 24.3 Å². The van der Waals surface area contributed by atoms with Crippen molar-refractivity contribution in [2.24, 2.45) is 0 Å². The smallest absolute Gasteiger partial charge is 0.222 e. The Morgan fingerprint density at radius 3 is 2.30 bits per heavy atom. The van der Waals surface area contributed by atoms with E-state index in [9.17, 15) is 4.79 Å². The maximum atomic E-state index is 12.0. The van der Waals surface area contributed by atoms with E-state index in [0.29, 0.717) is 6.42 Å². The molecule has 23 heavy (non-hydrogen) atoms. The average Bonchev–Trinajstić information content (AvgIpc) is 2.50. The van der Waals surface area contributed by atoms with Crippen LogP contribution < -0.4 is 5.32 Å². The summed E-state index contributed by atoms with van der Waals surface area (Å²) < 4.78 is 0. The molecule has 1 aliphatic heterocycles. The van der Waals surface area contributed by atoms with E-state index in [2.05, 4.69) is 22.3 Å². The maximum Gasteiger partial charge on any atom is 0.222 e. The minimum absolute atomic E-state index is 0. The lowest BCUT2D eigenvalue weighted by Crippen LogP contribution is -2.48. The van der Waals surface area contributed by atoms with Gasteiger partial charge in [0.1, 0.15) is 0 Å². The topological polar surface area (TPSA) is 35.6 Å². The predicted molar refractivity (Wildman–Crippen MR) is 101 cm³/mol. The largest absolute Gasteiger partial charge is 0.340 e. The van der Waals surface area contributed by atoms with Gasteiger partial charge in [0.2, 0.25) is 5.91 Å². The van der Waals surface area contributed by atoms with Gasteiger partial charge in [-0.1, -0.05) is 23.7 Å². The van der Waals surface area contributed by atoms with Crippen LogP contribution in [-0.2, 0) is 11.3 Å². The molecule has 1 aromatic carbocycles. The Morgan fingerprint density at radius 2 is 1.74 bits per heavy atom. The number of nitrogens with zero attached hydrogens (tertiary/aromatic N) is 2. The maximum absolute atomic E-state index is 12.0. The molecule has 0 atom stereocenters. The summed E-state index contributed by atoms with van der Waals surface area (Å²) in [6.07, 6.45) is 1.57. The van der Waals surface area contributed by atoms with Crippen molar-refractivity contribution in [2.75, 3.05) is 39.8 Å². The molecule has 0 unspecified atom stereocenters. The third kappa shape index (κ3) is 7.73. The highest BCUT2D eigenvalue weighted by molar-refractivity contribution is 6.30. The average molecular weight is 383 g/mol. The standard InChI is InChI=1S/C16H24ClN3O.2ClH/c1-18-8-2-3-16(21)20-11-9-19(10-12-20)13-14-4-6-15(17)7-5-14;;/h4-7,18H,2-3,8-13H2,1H3;2*1H. The number of nitrogens with one attached hydrogen (secondary N) is 1. The molecule has 0 bridgehead atoms. The Morgan fingerprint density at radius 1 is 1.13 bits per heavy atom. The number of carbonyl (C=O) groups is 1. The number of hydrogen-bond donors (Lipinski definition) is 1. The second kappa shape index (κ2) is 11.9. The van der Waals surface area contributed by atoms with Crippen LogP contribution in [0.5, 0.6) is 0 Å². The molecule has 0 spiro atoms. The molecule has 0 aliphatic carbocycles. The minimum atomic E-state index is 0. The highest BCUT2D eigenvalue weighted by Gasteiger charge is 2.20. The van der Waals surface area contributed by atoms with Crippen LogP contribution in [0.3, 0.4) is 0 Å². The summed E-state index contributed by atoms with van der Waals surface area (Å²) in [6, 6.07) is 7.99. The molecule has 1 aromatic rings. The molecule has 1 saturated heterocycles. The second-order valence-electron chi connectivity index (χ2n) is 5.49. The van der Waals surface area contributed by atoms with Crippen molar-refractivity contribution in [2.45, 2.75) is 19.4 Å². The molecule has 7 heteroatoms. The van der Waals surface area contributed by atoms with Crippen molar-refractivity contribution in [3.05, 3.63) is 34.9 Å². The van der Waals surface area contributed by atoms with Gasteiger partial charge in [-0.3, -0.25) is 9.69 Å². The van der Waals surface area contributed by atoms with Crippen LogP contribution in [0.4, 0.5) is 0 Å². The van der Waals surface area contributed by atoms with Crippen LogP contribution in [0.25, 0.3) is 0 Å². The monoisotopic (exact) mass is 381 g/mol. The summed E-state index contributed by atoms with van der Waals surface area (Å²) in [7, 11) is 1.92. The highest BCUT2D eigenvalue weighted by Crippen LogP contribution is 2.13. The first-order chi connectivity index (χ1) is 10.2. The van der Waals surface area contributed by atoms with Crippen LogP contribution in [0.1, 0.15) is 18.4 Å². The Hall–Kier alpha value is -0.520. The van der Waals surface area contributed by atoms with Gasteiger partial charge >= 0.3 is 0 Å². The third-order valence-electron chi connectivity index (χ3n) is 3.86. The van der Waals surface area contributed by atoms with E-state index in [1.165, 1.54) is 5.56 Å². The lowest BCUT2D eigenvalue weighted by Gasteiger charge is -2.34. The van der Waals surface area contributed by atoms with E-state index in [1.54, 1.807) is 0 Å². The molecular formula is C16H26Cl3N3O. The fourth-order valence-corrected chi connectivity index (χ4v) is 2.70. The molecule has 1 heterocycles. The normalized spacial score (nSPS) is 14.8. The fourth-order valence-electron chi connectivity index (χ4n) is 2.58. The van der Waals surface area contributed by atoms with Gasteiger partial charge in [-0.25, -0.2) is 0 Å². The van der Waals surface area contributed by atoms with Crippen molar-refractivity contribution in [1.82, 2.24) is 15.1 Å². The summed E-state index contributed by atoms with van der Waals surface area (Å²) in [5.41, 5.74) is 1.27. The summed E-state index contributed by atoms with van der Waals surface area (Å²) in [4.78, 5) is 16.4. The van der Waals surface area contributed by atoms with E-state index >= 15 is 0 Å². The van der Waals surface area contributed by atoms with Crippen LogP contribution in [0.2, 0.25) is 5.02 Å². The quantitative estimate of drug-likeness (QED) is 0.769. The Kier molecular flexibility index (Phi) is 11.7. The predicted octanol–water partition coefficient (Wildman–Crippen LogP) is 2.83.